The summed E-state index contributed by atoms with van der Waals surface area (Å²) < 4.78 is 12.5. The van der Waals surface area contributed by atoms with Gasteiger partial charge in [-0.25, -0.2) is 14.5 Å². The monoisotopic (exact) mass is 471 g/mol. The molecule has 2 aromatic heterocycles. The number of ether oxygens (including phenoxy) is 2. The van der Waals surface area contributed by atoms with E-state index in [-0.39, 0.29) is 11.1 Å². The third kappa shape index (κ3) is 4.99. The summed E-state index contributed by atoms with van der Waals surface area (Å²) >= 11 is 14.1. The van der Waals surface area contributed by atoms with E-state index < -0.39 is 6.10 Å². The van der Waals surface area contributed by atoms with Crippen LogP contribution in [-0.2, 0) is 4.74 Å². The van der Waals surface area contributed by atoms with Crippen molar-refractivity contribution in [1.82, 2.24) is 19.6 Å². The van der Waals surface area contributed by atoms with Gasteiger partial charge in [-0.1, -0.05) is 23.2 Å². The molecule has 0 amide bonds. The lowest BCUT2D eigenvalue weighted by Gasteiger charge is -2.18. The summed E-state index contributed by atoms with van der Waals surface area (Å²) in [5.74, 6) is 0.436. The summed E-state index contributed by atoms with van der Waals surface area (Å²) in [5, 5.41) is 16.6. The Labute approximate surface area is 188 Å². The second kappa shape index (κ2) is 10.6. The molecule has 1 unspecified atom stereocenters. The molecule has 0 saturated heterocycles. The standard InChI is InChI=1S/C19H23Cl2N5O3S/c1-28-9-11(22)4-3-7-29-14-6-5-12(20)16(21)15(14)17(27)13-8-23-18-19(30-2)24-10-25-26(13)18/h5-6,8,10-11,17,27H,3-4,7,9,22H2,1-2H3/t11-,17?/m1/s1. The molecule has 0 saturated carbocycles. The molecule has 0 aliphatic carbocycles. The van der Waals surface area contributed by atoms with Crippen molar-refractivity contribution in [2.45, 2.75) is 30.0 Å². The molecule has 11 heteroatoms. The van der Waals surface area contributed by atoms with Gasteiger partial charge in [0.15, 0.2) is 5.65 Å². The minimum absolute atomic E-state index is 0.0547. The number of benzene rings is 1. The number of rotatable bonds is 10. The molecule has 30 heavy (non-hydrogen) atoms. The number of aliphatic hydroxyl groups is 1. The van der Waals surface area contributed by atoms with Crippen molar-refractivity contribution in [3.05, 3.63) is 46.0 Å². The fourth-order valence-electron chi connectivity index (χ4n) is 3.05. The van der Waals surface area contributed by atoms with E-state index >= 15 is 0 Å². The number of imidazole rings is 1. The van der Waals surface area contributed by atoms with Crippen LogP contribution < -0.4 is 10.5 Å². The van der Waals surface area contributed by atoms with E-state index in [2.05, 4.69) is 15.1 Å². The van der Waals surface area contributed by atoms with Crippen LogP contribution in [0, 0.1) is 0 Å². The topological polar surface area (TPSA) is 108 Å². The first-order valence-corrected chi connectivity index (χ1v) is 11.2. The van der Waals surface area contributed by atoms with Crippen LogP contribution in [0.4, 0.5) is 0 Å². The zero-order valence-corrected chi connectivity index (χ0v) is 18.9. The van der Waals surface area contributed by atoms with Crippen molar-refractivity contribution >= 4 is 40.6 Å². The largest absolute Gasteiger partial charge is 0.493 e. The van der Waals surface area contributed by atoms with Gasteiger partial charge in [0.05, 0.1) is 35.1 Å². The fraction of sp³-hybridized carbons (Fsp3) is 0.421. The predicted molar refractivity (Wildman–Crippen MR) is 118 cm³/mol. The summed E-state index contributed by atoms with van der Waals surface area (Å²) in [4.78, 5) is 8.54. The molecule has 162 valence electrons. The van der Waals surface area contributed by atoms with Crippen molar-refractivity contribution in [2.24, 2.45) is 5.73 Å². The molecule has 0 spiro atoms. The van der Waals surface area contributed by atoms with Crippen molar-refractivity contribution < 1.29 is 14.6 Å². The first kappa shape index (κ1) is 23.1. The van der Waals surface area contributed by atoms with Gasteiger partial charge in [-0.2, -0.15) is 5.10 Å². The Balaban J connectivity index is 1.87. The van der Waals surface area contributed by atoms with Gasteiger partial charge in [-0.05, 0) is 31.2 Å². The van der Waals surface area contributed by atoms with Gasteiger partial charge in [-0.3, -0.25) is 0 Å². The second-order valence-electron chi connectivity index (χ2n) is 6.57. The smallest absolute Gasteiger partial charge is 0.186 e. The van der Waals surface area contributed by atoms with E-state index in [0.717, 1.165) is 12.8 Å². The van der Waals surface area contributed by atoms with E-state index in [1.165, 1.54) is 22.6 Å². The number of aromatic nitrogens is 4. The SMILES string of the molecule is COC[C@H](N)CCCOc1ccc(Cl)c(Cl)c1C(O)c1cnc2c(SC)ncnn12. The van der Waals surface area contributed by atoms with Gasteiger partial charge in [0.25, 0.3) is 0 Å². The van der Waals surface area contributed by atoms with Gasteiger partial charge in [0.2, 0.25) is 0 Å². The van der Waals surface area contributed by atoms with E-state index in [1.54, 1.807) is 25.4 Å². The van der Waals surface area contributed by atoms with Crippen LogP contribution in [0.2, 0.25) is 10.0 Å². The maximum absolute atomic E-state index is 11.2. The zero-order valence-electron chi connectivity index (χ0n) is 16.6. The van der Waals surface area contributed by atoms with Crippen LogP contribution in [0.3, 0.4) is 0 Å². The van der Waals surface area contributed by atoms with E-state index in [9.17, 15) is 5.11 Å². The van der Waals surface area contributed by atoms with Crippen LogP contribution in [0.25, 0.3) is 5.65 Å². The highest BCUT2D eigenvalue weighted by Gasteiger charge is 2.25. The van der Waals surface area contributed by atoms with Crippen molar-refractivity contribution in [1.29, 1.82) is 0 Å². The number of aliphatic hydroxyl groups excluding tert-OH is 1. The van der Waals surface area contributed by atoms with E-state index in [4.69, 9.17) is 38.4 Å². The number of nitrogens with two attached hydrogens (primary N) is 1. The number of methoxy groups -OCH3 is 1. The summed E-state index contributed by atoms with van der Waals surface area (Å²) in [6.45, 7) is 0.895. The van der Waals surface area contributed by atoms with Gasteiger partial charge in [-0.15, -0.1) is 11.8 Å². The molecule has 0 aliphatic rings. The Bertz CT molecular complexity index is 1000. The second-order valence-corrected chi connectivity index (χ2v) is 8.15. The molecule has 3 N–H and O–H groups in total. The maximum Gasteiger partial charge on any atom is 0.186 e. The molecule has 2 heterocycles. The molecule has 2 atom stereocenters. The minimum Gasteiger partial charge on any atom is -0.493 e. The Hall–Kier alpha value is -1.62. The number of hydrogen-bond donors (Lipinski definition) is 2. The highest BCUT2D eigenvalue weighted by atomic mass is 35.5. The number of fused-ring (bicyclic) bond motifs is 1. The van der Waals surface area contributed by atoms with Gasteiger partial charge < -0.3 is 20.3 Å². The van der Waals surface area contributed by atoms with Crippen LogP contribution in [0.15, 0.2) is 29.7 Å². The van der Waals surface area contributed by atoms with Crippen molar-refractivity contribution in [2.75, 3.05) is 26.6 Å². The fourth-order valence-corrected chi connectivity index (χ4v) is 3.94. The van der Waals surface area contributed by atoms with Crippen molar-refractivity contribution in [3.8, 4) is 5.75 Å². The third-order valence-electron chi connectivity index (χ3n) is 4.49. The summed E-state index contributed by atoms with van der Waals surface area (Å²) in [6.07, 6.45) is 5.16. The molecule has 0 aliphatic heterocycles. The average Bonchev–Trinajstić information content (AvgIpc) is 3.18. The Kier molecular flexibility index (Phi) is 8.15. The lowest BCUT2D eigenvalue weighted by atomic mass is 10.1. The number of nitrogens with zero attached hydrogens (tertiary/aromatic N) is 4. The van der Waals surface area contributed by atoms with E-state index in [1.807, 2.05) is 6.26 Å². The summed E-state index contributed by atoms with van der Waals surface area (Å²) in [6, 6.07) is 3.27. The van der Waals surface area contributed by atoms with Crippen LogP contribution in [-0.4, -0.2) is 57.3 Å². The van der Waals surface area contributed by atoms with E-state index in [0.29, 0.717) is 45.9 Å². The predicted octanol–water partition coefficient (Wildman–Crippen LogP) is 3.37. The van der Waals surface area contributed by atoms with Gasteiger partial charge in [0, 0.05) is 18.7 Å². The minimum atomic E-state index is -1.15. The third-order valence-corrected chi connectivity index (χ3v) is 5.99. The molecule has 3 aromatic rings. The van der Waals surface area contributed by atoms with Crippen LogP contribution in [0.1, 0.15) is 30.2 Å². The summed E-state index contributed by atoms with van der Waals surface area (Å²) in [5.41, 5.74) is 7.28. The quantitative estimate of drug-likeness (QED) is 0.342. The van der Waals surface area contributed by atoms with Gasteiger partial charge in [0.1, 0.15) is 23.2 Å². The highest BCUT2D eigenvalue weighted by Crippen LogP contribution is 2.40. The Morgan fingerprint density at radius 1 is 1.30 bits per heavy atom. The number of thioether (sulfide) groups is 1. The van der Waals surface area contributed by atoms with Crippen LogP contribution >= 0.6 is 35.0 Å². The molecule has 1 aromatic carbocycles. The van der Waals surface area contributed by atoms with Gasteiger partial charge >= 0.3 is 0 Å². The molecular formula is C19H23Cl2N5O3S. The lowest BCUT2D eigenvalue weighted by molar-refractivity contribution is 0.172. The molecule has 8 nitrogen and oxygen atoms in total. The number of halogens is 2. The maximum atomic E-state index is 11.2. The highest BCUT2D eigenvalue weighted by molar-refractivity contribution is 7.98. The molecule has 3 rings (SSSR count). The molecular weight excluding hydrogens is 449 g/mol. The van der Waals surface area contributed by atoms with Crippen molar-refractivity contribution in [3.63, 3.8) is 0 Å². The normalized spacial score (nSPS) is 13.5. The average molecular weight is 472 g/mol. The lowest BCUT2D eigenvalue weighted by Crippen LogP contribution is -2.26. The first-order valence-electron chi connectivity index (χ1n) is 9.23. The molecule has 0 radical (unpaired) electrons. The van der Waals surface area contributed by atoms with Crippen LogP contribution in [0.5, 0.6) is 5.75 Å². The first-order chi connectivity index (χ1) is 14.5. The zero-order chi connectivity index (χ0) is 21.7. The Morgan fingerprint density at radius 2 is 2.10 bits per heavy atom. The molecule has 0 fully saturated rings. The summed E-state index contributed by atoms with van der Waals surface area (Å²) in [7, 11) is 1.62. The number of hydrogen-bond acceptors (Lipinski definition) is 8. The molecule has 0 bridgehead atoms. The Morgan fingerprint density at radius 3 is 2.83 bits per heavy atom.